The molecule has 1 aromatic carbocycles. The molecule has 2 amide bonds. The summed E-state index contributed by atoms with van der Waals surface area (Å²) in [5, 5.41) is 0.869. The molecule has 1 atom stereocenters. The van der Waals surface area contributed by atoms with Crippen LogP contribution in [-0.4, -0.2) is 88.4 Å². The average Bonchev–Trinajstić information content (AvgIpc) is 3.36. The van der Waals surface area contributed by atoms with Crippen molar-refractivity contribution in [3.63, 3.8) is 0 Å². The molecule has 0 saturated carbocycles. The summed E-state index contributed by atoms with van der Waals surface area (Å²) in [6.07, 6.45) is 2.11. The van der Waals surface area contributed by atoms with Crippen LogP contribution >= 0.6 is 0 Å². The Balaban J connectivity index is 1.38. The highest BCUT2D eigenvalue weighted by Gasteiger charge is 2.27. The number of rotatable bonds is 8. The maximum atomic E-state index is 12.8. The van der Waals surface area contributed by atoms with Gasteiger partial charge in [0.05, 0.1) is 28.6 Å². The van der Waals surface area contributed by atoms with Gasteiger partial charge in [0.2, 0.25) is 0 Å². The first-order valence-corrected chi connectivity index (χ1v) is 12.9. The van der Waals surface area contributed by atoms with Gasteiger partial charge in [0.15, 0.2) is 6.61 Å². The van der Waals surface area contributed by atoms with Crippen LogP contribution in [0.4, 0.5) is 4.79 Å². The Hall–Kier alpha value is -3.40. The number of piperazine rings is 1. The van der Waals surface area contributed by atoms with E-state index < -0.39 is 5.60 Å². The summed E-state index contributed by atoms with van der Waals surface area (Å²) >= 11 is 0. The molecule has 0 aliphatic carbocycles. The van der Waals surface area contributed by atoms with Crippen LogP contribution in [0.1, 0.15) is 40.3 Å². The van der Waals surface area contributed by atoms with Crippen LogP contribution in [-0.2, 0) is 20.7 Å². The Labute approximate surface area is 217 Å². The van der Waals surface area contributed by atoms with Crippen molar-refractivity contribution in [2.75, 3.05) is 46.0 Å². The van der Waals surface area contributed by atoms with E-state index in [0.29, 0.717) is 51.1 Å². The molecule has 0 spiro atoms. The number of nitrogens with zero attached hydrogens (tertiary/aromatic N) is 4. The van der Waals surface area contributed by atoms with Crippen molar-refractivity contribution in [1.82, 2.24) is 24.8 Å². The number of carbonyl (C=O) groups excluding carboxylic acids is 2. The Kier molecular flexibility index (Phi) is 8.16. The van der Waals surface area contributed by atoms with Crippen LogP contribution in [0.2, 0.25) is 0 Å². The summed E-state index contributed by atoms with van der Waals surface area (Å²) in [6.45, 7) is 12.7. The Morgan fingerprint density at radius 2 is 1.86 bits per heavy atom. The van der Waals surface area contributed by atoms with E-state index in [0.717, 1.165) is 34.1 Å². The zero-order chi connectivity index (χ0) is 26.6. The van der Waals surface area contributed by atoms with E-state index in [1.807, 2.05) is 45.9 Å². The molecule has 4 rings (SSSR count). The molecule has 1 fully saturated rings. The average molecular weight is 512 g/mol. The molecular formula is C27H37N5O5. The zero-order valence-corrected chi connectivity index (χ0v) is 22.4. The van der Waals surface area contributed by atoms with Gasteiger partial charge >= 0.3 is 6.09 Å². The second kappa shape index (κ2) is 11.3. The van der Waals surface area contributed by atoms with E-state index in [9.17, 15) is 9.59 Å². The molecule has 10 heteroatoms. The number of aromatic amines is 1. The molecule has 1 aliphatic rings. The smallest absolute Gasteiger partial charge is 0.410 e. The minimum Gasteiger partial charge on any atom is -0.484 e. The molecule has 0 radical (unpaired) electrons. The maximum absolute atomic E-state index is 12.8. The van der Waals surface area contributed by atoms with Crippen LogP contribution in [0.25, 0.3) is 21.9 Å². The van der Waals surface area contributed by atoms with Gasteiger partial charge in [-0.15, -0.1) is 0 Å². The van der Waals surface area contributed by atoms with E-state index in [-0.39, 0.29) is 18.6 Å². The predicted molar refractivity (Wildman–Crippen MR) is 141 cm³/mol. The number of fused-ring (bicyclic) bond motifs is 3. The number of hydrogen-bond acceptors (Lipinski definition) is 7. The zero-order valence-electron chi connectivity index (χ0n) is 22.4. The molecule has 10 nitrogen and oxygen atoms in total. The lowest BCUT2D eigenvalue weighted by Crippen LogP contribution is -2.52. The Bertz CT molecular complexity index is 1240. The minimum absolute atomic E-state index is 0.0812. The highest BCUT2D eigenvalue weighted by atomic mass is 16.6. The maximum Gasteiger partial charge on any atom is 0.410 e. The van der Waals surface area contributed by atoms with Gasteiger partial charge < -0.3 is 29.0 Å². The third-order valence-electron chi connectivity index (χ3n) is 6.20. The van der Waals surface area contributed by atoms with Gasteiger partial charge in [-0.1, -0.05) is 6.92 Å². The summed E-state index contributed by atoms with van der Waals surface area (Å²) in [4.78, 5) is 41.0. The second-order valence-electron chi connectivity index (χ2n) is 10.5. The normalized spacial score (nSPS) is 15.3. The standard InChI is InChI=1S/C27H37N5O5/c1-6-35-15-18(2)13-22-25-24(28-17-29-25)20-14-19(7-8-21(20)30-22)36-16-23(33)31-9-11-32(12-10-31)26(34)37-27(3,4)5/h7-8,14,17-18H,6,9-13,15-16H2,1-5H3,(H,28,29). The first kappa shape index (κ1) is 26.7. The van der Waals surface area contributed by atoms with Crippen molar-refractivity contribution in [2.45, 2.75) is 46.6 Å². The molecule has 1 N–H and O–H groups in total. The highest BCUT2D eigenvalue weighted by Crippen LogP contribution is 2.28. The molecule has 1 unspecified atom stereocenters. The number of benzene rings is 1. The van der Waals surface area contributed by atoms with Crippen molar-refractivity contribution in [3.05, 3.63) is 30.2 Å². The highest BCUT2D eigenvalue weighted by molar-refractivity contribution is 6.03. The van der Waals surface area contributed by atoms with Crippen LogP contribution < -0.4 is 4.74 Å². The molecule has 200 valence electrons. The first-order valence-electron chi connectivity index (χ1n) is 12.9. The molecule has 0 bridgehead atoms. The molecule has 1 saturated heterocycles. The van der Waals surface area contributed by atoms with E-state index in [2.05, 4.69) is 16.9 Å². The molecule has 3 aromatic rings. The monoisotopic (exact) mass is 511 g/mol. The van der Waals surface area contributed by atoms with Gasteiger partial charge in [-0.25, -0.2) is 9.78 Å². The van der Waals surface area contributed by atoms with Crippen molar-refractivity contribution in [2.24, 2.45) is 5.92 Å². The van der Waals surface area contributed by atoms with Gasteiger partial charge in [-0.2, -0.15) is 0 Å². The topological polar surface area (TPSA) is 110 Å². The predicted octanol–water partition coefficient (Wildman–Crippen LogP) is 3.78. The van der Waals surface area contributed by atoms with Gasteiger partial charge in [0.25, 0.3) is 5.91 Å². The lowest BCUT2D eigenvalue weighted by molar-refractivity contribution is -0.135. The number of imidazole rings is 1. The first-order chi connectivity index (χ1) is 17.6. The van der Waals surface area contributed by atoms with Crippen molar-refractivity contribution < 1.29 is 23.8 Å². The Morgan fingerprint density at radius 1 is 1.14 bits per heavy atom. The van der Waals surface area contributed by atoms with Gasteiger partial charge in [-0.3, -0.25) is 9.78 Å². The van der Waals surface area contributed by atoms with Gasteiger partial charge in [0.1, 0.15) is 11.4 Å². The number of hydrogen-bond donors (Lipinski definition) is 1. The van der Waals surface area contributed by atoms with Crippen LogP contribution in [0.15, 0.2) is 24.5 Å². The quantitative estimate of drug-likeness (QED) is 0.490. The molecule has 37 heavy (non-hydrogen) atoms. The lowest BCUT2D eigenvalue weighted by atomic mass is 10.0. The lowest BCUT2D eigenvalue weighted by Gasteiger charge is -2.35. The SMILES string of the molecule is CCOCC(C)Cc1nc2ccc(OCC(=O)N3CCN(C(=O)OC(C)(C)C)CC3)cc2c2nc[nH]c12. The van der Waals surface area contributed by atoms with Gasteiger partial charge in [-0.05, 0) is 58.2 Å². The molecule has 2 aromatic heterocycles. The number of pyridine rings is 1. The fraction of sp³-hybridized carbons (Fsp3) is 0.556. The summed E-state index contributed by atoms with van der Waals surface area (Å²) < 4.78 is 16.8. The van der Waals surface area contributed by atoms with Crippen molar-refractivity contribution in [3.8, 4) is 5.75 Å². The summed E-state index contributed by atoms with van der Waals surface area (Å²) in [7, 11) is 0. The second-order valence-corrected chi connectivity index (χ2v) is 10.5. The molecular weight excluding hydrogens is 474 g/mol. The van der Waals surface area contributed by atoms with Crippen LogP contribution in [0.5, 0.6) is 5.75 Å². The van der Waals surface area contributed by atoms with Crippen LogP contribution in [0.3, 0.4) is 0 Å². The van der Waals surface area contributed by atoms with Crippen molar-refractivity contribution >= 4 is 33.9 Å². The number of aromatic nitrogens is 3. The van der Waals surface area contributed by atoms with Crippen molar-refractivity contribution in [1.29, 1.82) is 0 Å². The number of ether oxygens (including phenoxy) is 3. The number of nitrogens with one attached hydrogen (secondary N) is 1. The minimum atomic E-state index is -0.543. The van der Waals surface area contributed by atoms with E-state index in [1.54, 1.807) is 16.1 Å². The van der Waals surface area contributed by atoms with Gasteiger partial charge in [0, 0.05) is 44.8 Å². The Morgan fingerprint density at radius 3 is 2.57 bits per heavy atom. The van der Waals surface area contributed by atoms with Crippen LogP contribution in [0, 0.1) is 5.92 Å². The third-order valence-corrected chi connectivity index (χ3v) is 6.20. The van der Waals surface area contributed by atoms with E-state index in [1.165, 1.54) is 0 Å². The number of amides is 2. The summed E-state index contributed by atoms with van der Waals surface area (Å²) in [5.41, 5.74) is 2.99. The number of H-pyrrole nitrogens is 1. The molecule has 3 heterocycles. The summed E-state index contributed by atoms with van der Waals surface area (Å²) in [5.74, 6) is 0.790. The summed E-state index contributed by atoms with van der Waals surface area (Å²) in [6, 6.07) is 5.61. The number of carbonyl (C=O) groups is 2. The third kappa shape index (κ3) is 6.68. The van der Waals surface area contributed by atoms with E-state index in [4.69, 9.17) is 19.2 Å². The van der Waals surface area contributed by atoms with E-state index >= 15 is 0 Å². The fourth-order valence-electron chi connectivity index (χ4n) is 4.37. The molecule has 1 aliphatic heterocycles. The fourth-order valence-corrected chi connectivity index (χ4v) is 4.37. The largest absolute Gasteiger partial charge is 0.484 e.